The molecule has 1 atom stereocenters. The van der Waals surface area contributed by atoms with Crippen molar-refractivity contribution in [2.75, 3.05) is 5.88 Å². The van der Waals surface area contributed by atoms with Gasteiger partial charge in [0.05, 0.1) is 4.90 Å². The molecule has 0 fully saturated rings. The molecule has 0 saturated heterocycles. The zero-order valence-corrected chi connectivity index (χ0v) is 12.6. The van der Waals surface area contributed by atoms with Crippen LogP contribution in [0.5, 0.6) is 0 Å². The Morgan fingerprint density at radius 3 is 2.39 bits per heavy atom. The number of aryl methyl sites for hydroxylation is 1. The second-order valence-electron chi connectivity index (χ2n) is 4.87. The molecule has 0 aromatic heterocycles. The molecule has 0 saturated carbocycles. The number of sulfonamides is 1. The van der Waals surface area contributed by atoms with E-state index in [0.717, 1.165) is 12.0 Å². The highest BCUT2D eigenvalue weighted by Crippen LogP contribution is 2.16. The monoisotopic (exact) mass is 289 g/mol. The minimum atomic E-state index is -3.48. The van der Waals surface area contributed by atoms with Gasteiger partial charge in [-0.25, -0.2) is 13.1 Å². The van der Waals surface area contributed by atoms with Crippen LogP contribution >= 0.6 is 11.6 Å². The van der Waals surface area contributed by atoms with E-state index < -0.39 is 10.0 Å². The first-order valence-corrected chi connectivity index (χ1v) is 8.02. The fourth-order valence-electron chi connectivity index (χ4n) is 1.85. The molecule has 1 aromatic rings. The summed E-state index contributed by atoms with van der Waals surface area (Å²) in [5.41, 5.74) is 0.739. The van der Waals surface area contributed by atoms with Crippen LogP contribution in [0, 0.1) is 12.8 Å². The molecule has 1 rings (SSSR count). The van der Waals surface area contributed by atoms with Crippen LogP contribution in [-0.2, 0) is 10.0 Å². The molecule has 102 valence electrons. The number of rotatable bonds is 6. The van der Waals surface area contributed by atoms with Crippen LogP contribution in [0.25, 0.3) is 0 Å². The molecule has 0 heterocycles. The first-order chi connectivity index (χ1) is 8.36. The van der Waals surface area contributed by atoms with Crippen molar-refractivity contribution >= 4 is 21.6 Å². The highest BCUT2D eigenvalue weighted by molar-refractivity contribution is 7.89. The molecule has 1 N–H and O–H groups in total. The van der Waals surface area contributed by atoms with Crippen molar-refractivity contribution in [1.29, 1.82) is 0 Å². The van der Waals surface area contributed by atoms with Crippen molar-refractivity contribution in [1.82, 2.24) is 4.72 Å². The van der Waals surface area contributed by atoms with Gasteiger partial charge in [-0.1, -0.05) is 32.0 Å². The molecule has 0 aliphatic rings. The smallest absolute Gasteiger partial charge is 0.207 e. The summed E-state index contributed by atoms with van der Waals surface area (Å²) in [6.45, 7) is 5.87. The van der Waals surface area contributed by atoms with Crippen LogP contribution in [-0.4, -0.2) is 20.3 Å². The average Bonchev–Trinajstić information content (AvgIpc) is 2.27. The summed E-state index contributed by atoms with van der Waals surface area (Å²) < 4.78 is 27.1. The average molecular weight is 290 g/mol. The van der Waals surface area contributed by atoms with Crippen molar-refractivity contribution in [3.8, 4) is 0 Å². The fraction of sp³-hybridized carbons (Fsp3) is 0.538. The molecule has 1 unspecified atom stereocenters. The molecule has 0 aliphatic carbocycles. The number of hydrogen-bond donors (Lipinski definition) is 1. The summed E-state index contributed by atoms with van der Waals surface area (Å²) in [6.07, 6.45) is 0.731. The van der Waals surface area contributed by atoms with E-state index in [4.69, 9.17) is 11.6 Å². The van der Waals surface area contributed by atoms with Gasteiger partial charge >= 0.3 is 0 Å². The summed E-state index contributed by atoms with van der Waals surface area (Å²) in [5.74, 6) is 0.678. The van der Waals surface area contributed by atoms with Crippen LogP contribution in [0.4, 0.5) is 0 Å². The summed E-state index contributed by atoms with van der Waals surface area (Å²) in [7, 11) is -3.48. The maximum atomic E-state index is 12.2. The second kappa shape index (κ2) is 6.55. The van der Waals surface area contributed by atoms with E-state index in [9.17, 15) is 8.42 Å². The maximum absolute atomic E-state index is 12.2. The Morgan fingerprint density at radius 2 is 1.89 bits per heavy atom. The largest absolute Gasteiger partial charge is 0.241 e. The summed E-state index contributed by atoms with van der Waals surface area (Å²) in [6, 6.07) is 6.71. The van der Waals surface area contributed by atoms with Gasteiger partial charge < -0.3 is 0 Å². The summed E-state index contributed by atoms with van der Waals surface area (Å²) in [5, 5.41) is 0. The predicted molar refractivity (Wildman–Crippen MR) is 75.5 cm³/mol. The predicted octanol–water partition coefficient (Wildman–Crippen LogP) is 2.93. The van der Waals surface area contributed by atoms with E-state index >= 15 is 0 Å². The normalized spacial score (nSPS) is 13.8. The second-order valence-corrected chi connectivity index (χ2v) is 6.86. The molecule has 0 bridgehead atoms. The lowest BCUT2D eigenvalue weighted by Crippen LogP contribution is -2.37. The number of halogens is 1. The van der Waals surface area contributed by atoms with Crippen LogP contribution < -0.4 is 4.72 Å². The van der Waals surface area contributed by atoms with E-state index in [0.29, 0.717) is 10.8 Å². The van der Waals surface area contributed by atoms with Gasteiger partial charge in [-0.15, -0.1) is 11.6 Å². The minimum Gasteiger partial charge on any atom is -0.207 e. The van der Waals surface area contributed by atoms with Crippen molar-refractivity contribution in [2.45, 2.75) is 38.1 Å². The van der Waals surface area contributed by atoms with Gasteiger partial charge in [0.15, 0.2) is 0 Å². The molecule has 0 aliphatic heterocycles. The number of alkyl halides is 1. The van der Waals surface area contributed by atoms with Crippen LogP contribution in [0.2, 0.25) is 0 Å². The van der Waals surface area contributed by atoms with Crippen LogP contribution in [0.15, 0.2) is 29.2 Å². The Balaban J connectivity index is 2.91. The van der Waals surface area contributed by atoms with Crippen LogP contribution in [0.3, 0.4) is 0 Å². The molecule has 3 nitrogen and oxygen atoms in total. The van der Waals surface area contributed by atoms with Crippen LogP contribution in [0.1, 0.15) is 25.8 Å². The third kappa shape index (κ3) is 4.26. The van der Waals surface area contributed by atoms with E-state index in [1.807, 2.05) is 19.9 Å². The summed E-state index contributed by atoms with van der Waals surface area (Å²) in [4.78, 5) is 0.323. The van der Waals surface area contributed by atoms with Gasteiger partial charge in [0, 0.05) is 11.9 Å². The molecular weight excluding hydrogens is 270 g/mol. The molecule has 18 heavy (non-hydrogen) atoms. The van der Waals surface area contributed by atoms with E-state index in [2.05, 4.69) is 4.72 Å². The van der Waals surface area contributed by atoms with Crippen molar-refractivity contribution in [3.63, 3.8) is 0 Å². The lowest BCUT2D eigenvalue weighted by Gasteiger charge is -2.18. The van der Waals surface area contributed by atoms with Crippen molar-refractivity contribution in [2.24, 2.45) is 5.92 Å². The number of hydrogen-bond acceptors (Lipinski definition) is 2. The Labute approximate surface area is 115 Å². The standard InChI is InChI=1S/C13H20ClNO2S/c1-10(2)8-12(9-14)15-18(16,17)13-7-5-4-6-11(13)3/h4-7,10,12,15H,8-9H2,1-3H3. The van der Waals surface area contributed by atoms with Crippen molar-refractivity contribution < 1.29 is 8.42 Å². The third-order valence-electron chi connectivity index (χ3n) is 2.65. The van der Waals surface area contributed by atoms with Gasteiger partial charge in [0.2, 0.25) is 10.0 Å². The van der Waals surface area contributed by atoms with Gasteiger partial charge in [0.25, 0.3) is 0 Å². The Bertz CT molecular complexity index is 486. The van der Waals surface area contributed by atoms with E-state index in [-0.39, 0.29) is 11.9 Å². The van der Waals surface area contributed by atoms with E-state index in [1.165, 1.54) is 0 Å². The Hall–Kier alpha value is -0.580. The quantitative estimate of drug-likeness (QED) is 0.819. The van der Waals surface area contributed by atoms with E-state index in [1.54, 1.807) is 25.1 Å². The fourth-order valence-corrected chi connectivity index (χ4v) is 3.64. The Morgan fingerprint density at radius 1 is 1.28 bits per heavy atom. The summed E-state index contributed by atoms with van der Waals surface area (Å²) >= 11 is 5.82. The maximum Gasteiger partial charge on any atom is 0.241 e. The topological polar surface area (TPSA) is 46.2 Å². The molecular formula is C13H20ClNO2S. The number of benzene rings is 1. The molecule has 5 heteroatoms. The SMILES string of the molecule is Cc1ccccc1S(=O)(=O)NC(CCl)CC(C)C. The molecule has 0 spiro atoms. The first kappa shape index (κ1) is 15.5. The molecule has 1 aromatic carbocycles. The molecule has 0 amide bonds. The van der Waals surface area contributed by atoms with Gasteiger partial charge in [-0.05, 0) is 30.9 Å². The first-order valence-electron chi connectivity index (χ1n) is 6.00. The lowest BCUT2D eigenvalue weighted by molar-refractivity contribution is 0.485. The molecule has 0 radical (unpaired) electrons. The minimum absolute atomic E-state index is 0.226. The highest BCUT2D eigenvalue weighted by Gasteiger charge is 2.21. The lowest BCUT2D eigenvalue weighted by atomic mass is 10.1. The van der Waals surface area contributed by atoms with Gasteiger partial charge in [0.1, 0.15) is 0 Å². The Kier molecular flexibility index (Phi) is 5.63. The zero-order chi connectivity index (χ0) is 13.8. The van der Waals surface area contributed by atoms with Crippen molar-refractivity contribution in [3.05, 3.63) is 29.8 Å². The number of nitrogens with one attached hydrogen (secondary N) is 1. The van der Waals surface area contributed by atoms with Gasteiger partial charge in [-0.3, -0.25) is 0 Å². The highest BCUT2D eigenvalue weighted by atomic mass is 35.5. The third-order valence-corrected chi connectivity index (χ3v) is 4.70. The van der Waals surface area contributed by atoms with Gasteiger partial charge in [-0.2, -0.15) is 0 Å². The zero-order valence-electron chi connectivity index (χ0n) is 11.0.